The Bertz CT molecular complexity index is 979. The monoisotopic (exact) mass is 322 g/mol. The molecule has 0 saturated heterocycles. The Morgan fingerprint density at radius 2 is 2.04 bits per heavy atom. The van der Waals surface area contributed by atoms with Crippen molar-refractivity contribution < 1.29 is 4.74 Å². The molecule has 0 radical (unpaired) electrons. The highest BCUT2D eigenvalue weighted by Crippen LogP contribution is 2.33. The van der Waals surface area contributed by atoms with Crippen molar-refractivity contribution in [1.29, 1.82) is 0 Å². The van der Waals surface area contributed by atoms with E-state index in [9.17, 15) is 0 Å². The highest BCUT2D eigenvalue weighted by atomic mass is 32.1. The van der Waals surface area contributed by atoms with E-state index in [1.54, 1.807) is 37.0 Å². The van der Waals surface area contributed by atoms with Gasteiger partial charge in [-0.2, -0.15) is 0 Å². The number of benzene rings is 1. The summed E-state index contributed by atoms with van der Waals surface area (Å²) in [6.45, 7) is 2.52. The zero-order valence-electron chi connectivity index (χ0n) is 12.8. The summed E-state index contributed by atoms with van der Waals surface area (Å²) in [6, 6.07) is 6.13. The molecule has 0 unspecified atom stereocenters. The Labute approximate surface area is 137 Å². The van der Waals surface area contributed by atoms with E-state index < -0.39 is 0 Å². The summed E-state index contributed by atoms with van der Waals surface area (Å²) in [7, 11) is 1.66. The largest absolute Gasteiger partial charge is 0.378 e. The van der Waals surface area contributed by atoms with Crippen molar-refractivity contribution in [2.75, 3.05) is 7.11 Å². The van der Waals surface area contributed by atoms with Crippen molar-refractivity contribution in [2.24, 2.45) is 0 Å². The number of ether oxygens (including phenoxy) is 1. The molecule has 0 fully saturated rings. The van der Waals surface area contributed by atoms with Gasteiger partial charge in [0, 0.05) is 18.9 Å². The number of methoxy groups -OCH3 is 1. The first-order valence-corrected chi connectivity index (χ1v) is 8.02. The van der Waals surface area contributed by atoms with Crippen LogP contribution in [-0.2, 0) is 11.3 Å². The van der Waals surface area contributed by atoms with Gasteiger partial charge < -0.3 is 4.74 Å². The fraction of sp³-hybridized carbons (Fsp3) is 0.176. The third kappa shape index (κ3) is 2.56. The van der Waals surface area contributed by atoms with Crippen LogP contribution in [0.3, 0.4) is 0 Å². The maximum atomic E-state index is 5.14. The Hall–Kier alpha value is -2.44. The van der Waals surface area contributed by atoms with E-state index in [0.29, 0.717) is 6.61 Å². The molecule has 0 saturated carbocycles. The van der Waals surface area contributed by atoms with Gasteiger partial charge in [0.15, 0.2) is 0 Å². The van der Waals surface area contributed by atoms with E-state index in [-0.39, 0.29) is 0 Å². The van der Waals surface area contributed by atoms with Crippen molar-refractivity contribution >= 4 is 32.6 Å². The molecule has 0 amide bonds. The molecule has 5 nitrogen and oxygen atoms in total. The van der Waals surface area contributed by atoms with Crippen molar-refractivity contribution in [1.82, 2.24) is 19.9 Å². The number of aryl methyl sites for hydroxylation is 1. The molecular formula is C17H14N4OS. The van der Waals surface area contributed by atoms with Crippen molar-refractivity contribution in [3.63, 3.8) is 0 Å². The molecule has 1 aromatic carbocycles. The predicted molar refractivity (Wildman–Crippen MR) is 91.4 cm³/mol. The standard InChI is InChI=1S/C17H14N4OS/c1-10-5-12(17-21-14-8-18-4-3-15(14)23-17)16-13(6-10)20-11(7-19-16)9-22-2/h3-8H,9H2,1-2H3. The predicted octanol–water partition coefficient (Wildman–Crippen LogP) is 3.76. The number of nitrogens with zero attached hydrogens (tertiary/aromatic N) is 4. The van der Waals surface area contributed by atoms with Crippen molar-refractivity contribution in [3.05, 3.63) is 48.0 Å². The van der Waals surface area contributed by atoms with Crippen LogP contribution in [0.4, 0.5) is 0 Å². The fourth-order valence-electron chi connectivity index (χ4n) is 2.58. The minimum absolute atomic E-state index is 0.457. The number of hydrogen-bond donors (Lipinski definition) is 0. The maximum absolute atomic E-state index is 5.14. The third-order valence-corrected chi connectivity index (χ3v) is 4.62. The molecule has 0 bridgehead atoms. The molecule has 0 atom stereocenters. The molecule has 4 aromatic rings. The van der Waals surface area contributed by atoms with Crippen LogP contribution in [0.1, 0.15) is 11.3 Å². The van der Waals surface area contributed by atoms with Crippen LogP contribution in [0.2, 0.25) is 0 Å². The van der Waals surface area contributed by atoms with E-state index >= 15 is 0 Å². The number of aromatic nitrogens is 4. The average molecular weight is 322 g/mol. The second-order valence-corrected chi connectivity index (χ2v) is 6.37. The second-order valence-electron chi connectivity index (χ2n) is 5.34. The van der Waals surface area contributed by atoms with Gasteiger partial charge in [-0.25, -0.2) is 9.97 Å². The van der Waals surface area contributed by atoms with Gasteiger partial charge in [0.1, 0.15) is 10.5 Å². The summed E-state index contributed by atoms with van der Waals surface area (Å²) in [4.78, 5) is 18.1. The normalized spacial score (nSPS) is 11.4. The van der Waals surface area contributed by atoms with Gasteiger partial charge in [0.25, 0.3) is 0 Å². The molecule has 0 aliphatic carbocycles. The lowest BCUT2D eigenvalue weighted by Crippen LogP contribution is -1.96. The summed E-state index contributed by atoms with van der Waals surface area (Å²) < 4.78 is 6.26. The average Bonchev–Trinajstić information content (AvgIpc) is 2.98. The lowest BCUT2D eigenvalue weighted by molar-refractivity contribution is 0.181. The molecule has 3 heterocycles. The van der Waals surface area contributed by atoms with Gasteiger partial charge in [-0.3, -0.25) is 9.97 Å². The number of rotatable bonds is 3. The van der Waals surface area contributed by atoms with Gasteiger partial charge in [-0.05, 0) is 30.7 Å². The van der Waals surface area contributed by atoms with Crippen LogP contribution in [-0.4, -0.2) is 27.0 Å². The van der Waals surface area contributed by atoms with Gasteiger partial charge in [0.2, 0.25) is 0 Å². The van der Waals surface area contributed by atoms with E-state index in [1.807, 2.05) is 12.1 Å². The number of hydrogen-bond acceptors (Lipinski definition) is 6. The van der Waals surface area contributed by atoms with E-state index in [0.717, 1.165) is 43.1 Å². The van der Waals surface area contributed by atoms with E-state index in [4.69, 9.17) is 9.72 Å². The quantitative estimate of drug-likeness (QED) is 0.575. The number of fused-ring (bicyclic) bond motifs is 2. The minimum Gasteiger partial charge on any atom is -0.378 e. The lowest BCUT2D eigenvalue weighted by atomic mass is 10.1. The first-order valence-electron chi connectivity index (χ1n) is 7.21. The number of thiazole rings is 1. The fourth-order valence-corrected chi connectivity index (χ4v) is 3.53. The summed E-state index contributed by atoms with van der Waals surface area (Å²) in [6.07, 6.45) is 5.34. The summed E-state index contributed by atoms with van der Waals surface area (Å²) in [5.41, 5.74) is 5.61. The summed E-state index contributed by atoms with van der Waals surface area (Å²) in [5, 5.41) is 0.940. The first-order chi connectivity index (χ1) is 11.2. The molecule has 0 aliphatic heterocycles. The van der Waals surface area contributed by atoms with Gasteiger partial charge in [-0.1, -0.05) is 0 Å². The first kappa shape index (κ1) is 14.2. The highest BCUT2D eigenvalue weighted by molar-refractivity contribution is 7.21. The molecular weight excluding hydrogens is 308 g/mol. The molecule has 0 aliphatic rings. The van der Waals surface area contributed by atoms with E-state index in [1.165, 1.54) is 0 Å². The van der Waals surface area contributed by atoms with Crippen LogP contribution in [0.15, 0.2) is 36.8 Å². The topological polar surface area (TPSA) is 60.8 Å². The van der Waals surface area contributed by atoms with Crippen molar-refractivity contribution in [2.45, 2.75) is 13.5 Å². The van der Waals surface area contributed by atoms with Gasteiger partial charge in [0.05, 0.1) is 40.4 Å². The lowest BCUT2D eigenvalue weighted by Gasteiger charge is -2.06. The second kappa shape index (κ2) is 5.64. The highest BCUT2D eigenvalue weighted by Gasteiger charge is 2.13. The number of pyridine rings is 1. The molecule has 4 rings (SSSR count). The SMILES string of the molecule is COCc1cnc2c(-c3nc4cnccc4s3)cc(C)cc2n1. The van der Waals surface area contributed by atoms with Gasteiger partial charge in [-0.15, -0.1) is 11.3 Å². The van der Waals surface area contributed by atoms with Crippen LogP contribution in [0.5, 0.6) is 0 Å². The van der Waals surface area contributed by atoms with Crippen LogP contribution in [0.25, 0.3) is 31.8 Å². The molecule has 114 valence electrons. The zero-order chi connectivity index (χ0) is 15.8. The van der Waals surface area contributed by atoms with Crippen LogP contribution in [0, 0.1) is 6.92 Å². The van der Waals surface area contributed by atoms with Crippen LogP contribution < -0.4 is 0 Å². The summed E-state index contributed by atoms with van der Waals surface area (Å²) in [5.74, 6) is 0. The van der Waals surface area contributed by atoms with E-state index in [2.05, 4.69) is 27.9 Å². The Balaban J connectivity index is 1.94. The summed E-state index contributed by atoms with van der Waals surface area (Å²) >= 11 is 1.64. The minimum atomic E-state index is 0.457. The third-order valence-electron chi connectivity index (χ3n) is 3.55. The Kier molecular flexibility index (Phi) is 3.48. The smallest absolute Gasteiger partial charge is 0.126 e. The van der Waals surface area contributed by atoms with Crippen LogP contribution >= 0.6 is 11.3 Å². The maximum Gasteiger partial charge on any atom is 0.126 e. The molecule has 0 spiro atoms. The molecule has 0 N–H and O–H groups in total. The molecule has 6 heteroatoms. The van der Waals surface area contributed by atoms with Crippen molar-refractivity contribution in [3.8, 4) is 10.6 Å². The van der Waals surface area contributed by atoms with Gasteiger partial charge >= 0.3 is 0 Å². The Morgan fingerprint density at radius 1 is 1.13 bits per heavy atom. The molecule has 23 heavy (non-hydrogen) atoms. The Morgan fingerprint density at radius 3 is 2.87 bits per heavy atom. The molecule has 3 aromatic heterocycles. The zero-order valence-corrected chi connectivity index (χ0v) is 13.6.